The van der Waals surface area contributed by atoms with E-state index in [0.29, 0.717) is 23.1 Å². The molecule has 1 aliphatic rings. The van der Waals surface area contributed by atoms with E-state index in [1.165, 1.54) is 17.9 Å². The van der Waals surface area contributed by atoms with E-state index in [1.807, 2.05) is 24.3 Å². The van der Waals surface area contributed by atoms with E-state index < -0.39 is 11.8 Å². The number of halogens is 1. The average molecular weight is 445 g/mol. The maximum Gasteiger partial charge on any atom is 0.303 e. The summed E-state index contributed by atoms with van der Waals surface area (Å²) in [4.78, 5) is 11.2. The number of aromatic nitrogens is 2. The number of hydrogen-bond acceptors (Lipinski definition) is 4. The normalized spacial score (nSPS) is 13.9. The monoisotopic (exact) mass is 444 g/mol. The fourth-order valence-electron chi connectivity index (χ4n) is 3.61. The summed E-state index contributed by atoms with van der Waals surface area (Å²) in [5.74, 6) is 0.489. The second-order valence-corrected chi connectivity index (χ2v) is 7.51. The molecular formula is C23H25FN2O4S. The van der Waals surface area contributed by atoms with Gasteiger partial charge in [-0.2, -0.15) is 18.6 Å². The maximum atomic E-state index is 14.1. The zero-order chi connectivity index (χ0) is 21.1. The van der Waals surface area contributed by atoms with Crippen LogP contribution >= 0.6 is 13.5 Å². The van der Waals surface area contributed by atoms with Crippen molar-refractivity contribution < 1.29 is 23.8 Å². The third-order valence-electron chi connectivity index (χ3n) is 5.31. The zero-order valence-electron chi connectivity index (χ0n) is 17.1. The molecule has 31 heavy (non-hydrogen) atoms. The van der Waals surface area contributed by atoms with Crippen LogP contribution in [0.5, 0.6) is 11.5 Å². The molecule has 0 aliphatic heterocycles. The van der Waals surface area contributed by atoms with Gasteiger partial charge in [-0.25, -0.2) is 9.07 Å². The first kappa shape index (κ1) is 22.7. The van der Waals surface area contributed by atoms with Crippen LogP contribution in [0.4, 0.5) is 4.39 Å². The van der Waals surface area contributed by atoms with Crippen LogP contribution in [-0.2, 0) is 11.4 Å². The SMILES string of the molecule is COc1ccc(F)c(-n2cc(COc3cccc([C@@H](CC(=O)O)C4CC4)c3)cn2)c1.S. The Morgan fingerprint density at radius 2 is 2.06 bits per heavy atom. The van der Waals surface area contributed by atoms with Crippen molar-refractivity contribution in [2.45, 2.75) is 31.8 Å². The number of hydrogen-bond donors (Lipinski definition) is 1. The average Bonchev–Trinajstić information content (AvgIpc) is 3.48. The quantitative estimate of drug-likeness (QED) is 0.519. The van der Waals surface area contributed by atoms with E-state index >= 15 is 0 Å². The molecule has 1 heterocycles. The van der Waals surface area contributed by atoms with Crippen LogP contribution in [0.1, 0.15) is 36.3 Å². The molecule has 1 saturated carbocycles. The number of methoxy groups -OCH3 is 1. The molecule has 1 aliphatic carbocycles. The van der Waals surface area contributed by atoms with Gasteiger partial charge in [-0.1, -0.05) is 12.1 Å². The molecule has 0 saturated heterocycles. The Morgan fingerprint density at radius 3 is 2.77 bits per heavy atom. The van der Waals surface area contributed by atoms with Gasteiger partial charge in [-0.15, -0.1) is 0 Å². The predicted molar refractivity (Wildman–Crippen MR) is 119 cm³/mol. The molecule has 1 aromatic heterocycles. The van der Waals surface area contributed by atoms with Crippen LogP contribution in [0.2, 0.25) is 0 Å². The number of benzene rings is 2. The van der Waals surface area contributed by atoms with E-state index in [2.05, 4.69) is 5.10 Å². The summed E-state index contributed by atoms with van der Waals surface area (Å²) in [6.45, 7) is 0.266. The standard InChI is InChI=1S/C23H23FN2O4.H2S/c1-29-18-7-8-21(24)22(10-18)26-13-15(12-25-26)14-30-19-4-2-3-17(9-19)20(11-23(27)28)16-5-6-16;/h2-4,7-10,12-13,16,20H,5-6,11,14H2,1H3,(H,27,28);1H2/t20-;/m0./s1. The molecule has 0 radical (unpaired) electrons. The maximum absolute atomic E-state index is 14.1. The number of rotatable bonds is 9. The predicted octanol–water partition coefficient (Wildman–Crippen LogP) is 4.68. The number of aliphatic carboxylic acids is 1. The minimum absolute atomic E-state index is 0. The molecule has 0 bridgehead atoms. The summed E-state index contributed by atoms with van der Waals surface area (Å²) in [5.41, 5.74) is 2.07. The van der Waals surface area contributed by atoms with Crippen LogP contribution in [0.15, 0.2) is 54.9 Å². The minimum Gasteiger partial charge on any atom is -0.497 e. The summed E-state index contributed by atoms with van der Waals surface area (Å²) in [6, 6.07) is 12.1. The first-order valence-corrected chi connectivity index (χ1v) is 9.85. The Bertz CT molecular complexity index is 1050. The topological polar surface area (TPSA) is 73.6 Å². The van der Waals surface area contributed by atoms with Gasteiger partial charge in [0, 0.05) is 17.8 Å². The highest BCUT2D eigenvalue weighted by Crippen LogP contribution is 2.45. The third kappa shape index (κ3) is 5.58. The fourth-order valence-corrected chi connectivity index (χ4v) is 3.61. The largest absolute Gasteiger partial charge is 0.497 e. The Balaban J connectivity index is 0.00000272. The summed E-state index contributed by atoms with van der Waals surface area (Å²) in [7, 11) is 1.53. The number of carbonyl (C=O) groups is 1. The van der Waals surface area contributed by atoms with Crippen molar-refractivity contribution in [3.63, 3.8) is 0 Å². The van der Waals surface area contributed by atoms with E-state index in [0.717, 1.165) is 24.0 Å². The van der Waals surface area contributed by atoms with Gasteiger partial charge in [0.05, 0.1) is 19.7 Å². The van der Waals surface area contributed by atoms with Crippen molar-refractivity contribution in [2.24, 2.45) is 5.92 Å². The lowest BCUT2D eigenvalue weighted by Crippen LogP contribution is -2.08. The second kappa shape index (κ2) is 9.87. The lowest BCUT2D eigenvalue weighted by Gasteiger charge is -2.15. The number of nitrogens with zero attached hydrogens (tertiary/aromatic N) is 2. The summed E-state index contributed by atoms with van der Waals surface area (Å²) in [6.07, 6.45) is 5.61. The van der Waals surface area contributed by atoms with Crippen LogP contribution in [-0.4, -0.2) is 28.0 Å². The second-order valence-electron chi connectivity index (χ2n) is 7.51. The fraction of sp³-hybridized carbons (Fsp3) is 0.304. The number of carboxylic acid groups (broad SMARTS) is 1. The Labute approximate surface area is 187 Å². The molecule has 1 atom stereocenters. The smallest absolute Gasteiger partial charge is 0.303 e. The molecule has 1 fully saturated rings. The summed E-state index contributed by atoms with van der Waals surface area (Å²) >= 11 is 0. The number of carboxylic acids is 1. The van der Waals surface area contributed by atoms with Crippen LogP contribution < -0.4 is 9.47 Å². The van der Waals surface area contributed by atoms with Gasteiger partial charge in [-0.3, -0.25) is 4.79 Å². The summed E-state index contributed by atoms with van der Waals surface area (Å²) in [5, 5.41) is 13.4. The minimum atomic E-state index is -0.782. The van der Waals surface area contributed by atoms with Gasteiger partial charge in [-0.05, 0) is 54.5 Å². The van der Waals surface area contributed by atoms with Crippen LogP contribution in [0.25, 0.3) is 5.69 Å². The zero-order valence-corrected chi connectivity index (χ0v) is 18.1. The number of ether oxygens (including phenoxy) is 2. The van der Waals surface area contributed by atoms with E-state index in [1.54, 1.807) is 24.5 Å². The highest BCUT2D eigenvalue weighted by atomic mass is 32.1. The molecule has 6 nitrogen and oxygen atoms in total. The molecule has 0 amide bonds. The highest BCUT2D eigenvalue weighted by Gasteiger charge is 2.33. The van der Waals surface area contributed by atoms with Crippen molar-refractivity contribution in [1.82, 2.24) is 9.78 Å². The Morgan fingerprint density at radius 1 is 1.26 bits per heavy atom. The van der Waals surface area contributed by atoms with Gasteiger partial charge in [0.15, 0.2) is 0 Å². The van der Waals surface area contributed by atoms with Gasteiger partial charge in [0.1, 0.15) is 29.6 Å². The molecule has 3 aromatic rings. The molecule has 2 aromatic carbocycles. The molecule has 164 valence electrons. The van der Waals surface area contributed by atoms with Crippen molar-refractivity contribution >= 4 is 19.5 Å². The van der Waals surface area contributed by atoms with Crippen molar-refractivity contribution in [1.29, 1.82) is 0 Å². The van der Waals surface area contributed by atoms with E-state index in [-0.39, 0.29) is 32.4 Å². The van der Waals surface area contributed by atoms with E-state index in [9.17, 15) is 14.3 Å². The van der Waals surface area contributed by atoms with Gasteiger partial charge < -0.3 is 14.6 Å². The third-order valence-corrected chi connectivity index (χ3v) is 5.31. The van der Waals surface area contributed by atoms with Crippen molar-refractivity contribution in [3.05, 3.63) is 71.8 Å². The Kier molecular flexibility index (Phi) is 7.22. The lowest BCUT2D eigenvalue weighted by atomic mass is 9.91. The van der Waals surface area contributed by atoms with E-state index in [4.69, 9.17) is 9.47 Å². The lowest BCUT2D eigenvalue weighted by molar-refractivity contribution is -0.137. The highest BCUT2D eigenvalue weighted by molar-refractivity contribution is 7.59. The molecule has 8 heteroatoms. The molecule has 0 spiro atoms. The van der Waals surface area contributed by atoms with Crippen molar-refractivity contribution in [3.8, 4) is 17.2 Å². The van der Waals surface area contributed by atoms with Crippen molar-refractivity contribution in [2.75, 3.05) is 7.11 Å². The molecule has 1 N–H and O–H groups in total. The molecule has 4 rings (SSSR count). The Hall–Kier alpha value is -3.00. The molecule has 0 unspecified atom stereocenters. The molecular weight excluding hydrogens is 419 g/mol. The van der Waals surface area contributed by atoms with Crippen LogP contribution in [0, 0.1) is 11.7 Å². The van der Waals surface area contributed by atoms with Gasteiger partial charge in [0.25, 0.3) is 0 Å². The summed E-state index contributed by atoms with van der Waals surface area (Å²) < 4.78 is 26.6. The van der Waals surface area contributed by atoms with Gasteiger partial charge in [0.2, 0.25) is 0 Å². The van der Waals surface area contributed by atoms with Crippen LogP contribution in [0.3, 0.4) is 0 Å². The first-order valence-electron chi connectivity index (χ1n) is 9.85. The van der Waals surface area contributed by atoms with Gasteiger partial charge >= 0.3 is 5.97 Å². The first-order chi connectivity index (χ1) is 14.5.